The van der Waals surface area contributed by atoms with Crippen LogP contribution in [-0.2, 0) is 6.42 Å². The van der Waals surface area contributed by atoms with E-state index in [4.69, 9.17) is 9.47 Å². The molecule has 1 aromatic heterocycles. The SMILES string of the molecule is COc1ccc(C(=O)NCCCc2nc(C)cs2)cc1OC. The summed E-state index contributed by atoms with van der Waals surface area (Å²) in [6.45, 7) is 2.60. The van der Waals surface area contributed by atoms with Gasteiger partial charge in [-0.3, -0.25) is 4.79 Å². The first-order chi connectivity index (χ1) is 10.6. The minimum absolute atomic E-state index is 0.115. The number of methoxy groups -OCH3 is 2. The van der Waals surface area contributed by atoms with Crippen molar-refractivity contribution in [3.8, 4) is 11.5 Å². The number of amides is 1. The Labute approximate surface area is 134 Å². The molecule has 0 spiro atoms. The van der Waals surface area contributed by atoms with Crippen LogP contribution in [0.1, 0.15) is 27.5 Å². The summed E-state index contributed by atoms with van der Waals surface area (Å²) >= 11 is 1.66. The Morgan fingerprint density at radius 3 is 2.68 bits per heavy atom. The number of hydrogen-bond acceptors (Lipinski definition) is 5. The quantitative estimate of drug-likeness (QED) is 0.797. The minimum atomic E-state index is -0.115. The van der Waals surface area contributed by atoms with Gasteiger partial charge in [-0.25, -0.2) is 4.98 Å². The number of hydrogen-bond donors (Lipinski definition) is 1. The highest BCUT2D eigenvalue weighted by Gasteiger charge is 2.10. The van der Waals surface area contributed by atoms with E-state index in [0.717, 1.165) is 23.5 Å². The summed E-state index contributed by atoms with van der Waals surface area (Å²) in [5.74, 6) is 1.04. The molecule has 1 N–H and O–H groups in total. The Hall–Kier alpha value is -2.08. The molecule has 22 heavy (non-hydrogen) atoms. The highest BCUT2D eigenvalue weighted by atomic mass is 32.1. The number of benzene rings is 1. The maximum Gasteiger partial charge on any atom is 0.251 e. The lowest BCUT2D eigenvalue weighted by molar-refractivity contribution is 0.0953. The molecule has 0 saturated heterocycles. The number of aryl methyl sites for hydroxylation is 2. The number of ether oxygens (including phenoxy) is 2. The monoisotopic (exact) mass is 320 g/mol. The van der Waals surface area contributed by atoms with Crippen LogP contribution in [0, 0.1) is 6.92 Å². The van der Waals surface area contributed by atoms with Gasteiger partial charge in [-0.1, -0.05) is 0 Å². The van der Waals surface area contributed by atoms with Crippen molar-refractivity contribution in [2.24, 2.45) is 0 Å². The fraction of sp³-hybridized carbons (Fsp3) is 0.375. The molecule has 0 aliphatic carbocycles. The van der Waals surface area contributed by atoms with Crippen LogP contribution in [0.25, 0.3) is 0 Å². The van der Waals surface area contributed by atoms with Gasteiger partial charge in [0.25, 0.3) is 5.91 Å². The highest BCUT2D eigenvalue weighted by molar-refractivity contribution is 7.09. The van der Waals surface area contributed by atoms with Crippen molar-refractivity contribution in [2.75, 3.05) is 20.8 Å². The minimum Gasteiger partial charge on any atom is -0.493 e. The Morgan fingerprint density at radius 1 is 1.27 bits per heavy atom. The number of nitrogens with zero attached hydrogens (tertiary/aromatic N) is 1. The molecule has 0 saturated carbocycles. The molecule has 0 unspecified atom stereocenters. The van der Waals surface area contributed by atoms with Gasteiger partial charge in [0.1, 0.15) is 0 Å². The predicted octanol–water partition coefficient (Wildman–Crippen LogP) is 2.83. The van der Waals surface area contributed by atoms with Crippen LogP contribution in [0.15, 0.2) is 23.6 Å². The summed E-state index contributed by atoms with van der Waals surface area (Å²) < 4.78 is 10.4. The van der Waals surface area contributed by atoms with E-state index in [1.807, 2.05) is 12.3 Å². The van der Waals surface area contributed by atoms with Gasteiger partial charge in [-0.15, -0.1) is 11.3 Å². The molecule has 0 fully saturated rings. The van der Waals surface area contributed by atoms with Crippen LogP contribution >= 0.6 is 11.3 Å². The zero-order chi connectivity index (χ0) is 15.9. The molecule has 1 aromatic carbocycles. The first-order valence-electron chi connectivity index (χ1n) is 7.05. The van der Waals surface area contributed by atoms with Gasteiger partial charge in [0.15, 0.2) is 11.5 Å². The van der Waals surface area contributed by atoms with Gasteiger partial charge in [0, 0.05) is 29.6 Å². The van der Waals surface area contributed by atoms with E-state index in [9.17, 15) is 4.79 Å². The standard InChI is InChI=1S/C16H20N2O3S/c1-11-10-22-15(18-11)5-4-8-17-16(19)12-6-7-13(20-2)14(9-12)21-3/h6-7,9-10H,4-5,8H2,1-3H3,(H,17,19). The van der Waals surface area contributed by atoms with Gasteiger partial charge in [0.2, 0.25) is 0 Å². The van der Waals surface area contributed by atoms with Crippen LogP contribution in [0.3, 0.4) is 0 Å². The Morgan fingerprint density at radius 2 is 2.05 bits per heavy atom. The molecule has 1 heterocycles. The van der Waals surface area contributed by atoms with E-state index in [1.54, 1.807) is 43.8 Å². The summed E-state index contributed by atoms with van der Waals surface area (Å²) in [6.07, 6.45) is 1.75. The molecule has 5 nitrogen and oxygen atoms in total. The fourth-order valence-electron chi connectivity index (χ4n) is 2.04. The van der Waals surface area contributed by atoms with E-state index in [1.165, 1.54) is 0 Å². The van der Waals surface area contributed by atoms with Crippen LogP contribution in [-0.4, -0.2) is 31.7 Å². The van der Waals surface area contributed by atoms with E-state index >= 15 is 0 Å². The molecular formula is C16H20N2O3S. The van der Waals surface area contributed by atoms with Crippen molar-refractivity contribution >= 4 is 17.2 Å². The molecule has 0 atom stereocenters. The second-order valence-corrected chi connectivity index (χ2v) is 5.75. The summed E-state index contributed by atoms with van der Waals surface area (Å²) in [4.78, 5) is 16.5. The topological polar surface area (TPSA) is 60.5 Å². The smallest absolute Gasteiger partial charge is 0.251 e. The highest BCUT2D eigenvalue weighted by Crippen LogP contribution is 2.27. The second kappa shape index (κ2) is 7.79. The zero-order valence-corrected chi connectivity index (χ0v) is 13.8. The molecular weight excluding hydrogens is 300 g/mol. The number of carbonyl (C=O) groups excluding carboxylic acids is 1. The summed E-state index contributed by atoms with van der Waals surface area (Å²) in [5.41, 5.74) is 1.61. The average Bonchev–Trinajstić information content (AvgIpc) is 2.96. The maximum absolute atomic E-state index is 12.1. The zero-order valence-electron chi connectivity index (χ0n) is 13.0. The van der Waals surface area contributed by atoms with Crippen molar-refractivity contribution in [1.82, 2.24) is 10.3 Å². The molecule has 0 radical (unpaired) electrons. The molecule has 0 bridgehead atoms. The van der Waals surface area contributed by atoms with Crippen LogP contribution < -0.4 is 14.8 Å². The van der Waals surface area contributed by atoms with E-state index < -0.39 is 0 Å². The normalized spacial score (nSPS) is 10.3. The largest absolute Gasteiger partial charge is 0.493 e. The molecule has 2 rings (SSSR count). The maximum atomic E-state index is 12.1. The van der Waals surface area contributed by atoms with Gasteiger partial charge in [-0.05, 0) is 31.5 Å². The Balaban J connectivity index is 1.84. The molecule has 0 aliphatic rings. The summed E-state index contributed by atoms with van der Waals surface area (Å²) in [5, 5.41) is 6.05. The van der Waals surface area contributed by atoms with Crippen molar-refractivity contribution in [2.45, 2.75) is 19.8 Å². The van der Waals surface area contributed by atoms with Crippen molar-refractivity contribution < 1.29 is 14.3 Å². The lowest BCUT2D eigenvalue weighted by atomic mass is 10.2. The van der Waals surface area contributed by atoms with Crippen LogP contribution in [0.2, 0.25) is 0 Å². The number of nitrogens with one attached hydrogen (secondary N) is 1. The van der Waals surface area contributed by atoms with Crippen molar-refractivity contribution in [3.05, 3.63) is 39.8 Å². The molecule has 0 aliphatic heterocycles. The van der Waals surface area contributed by atoms with E-state index in [0.29, 0.717) is 23.6 Å². The Kier molecular flexibility index (Phi) is 5.77. The van der Waals surface area contributed by atoms with Crippen LogP contribution in [0.5, 0.6) is 11.5 Å². The van der Waals surface area contributed by atoms with Crippen molar-refractivity contribution in [3.63, 3.8) is 0 Å². The van der Waals surface area contributed by atoms with E-state index in [2.05, 4.69) is 10.3 Å². The van der Waals surface area contributed by atoms with Crippen LogP contribution in [0.4, 0.5) is 0 Å². The summed E-state index contributed by atoms with van der Waals surface area (Å²) in [6, 6.07) is 5.13. The third-order valence-electron chi connectivity index (χ3n) is 3.17. The summed E-state index contributed by atoms with van der Waals surface area (Å²) in [7, 11) is 3.12. The fourth-order valence-corrected chi connectivity index (χ4v) is 2.86. The number of carbonyl (C=O) groups is 1. The van der Waals surface area contributed by atoms with Gasteiger partial charge < -0.3 is 14.8 Å². The number of aromatic nitrogens is 1. The first kappa shape index (κ1) is 16.3. The third-order valence-corrected chi connectivity index (χ3v) is 4.19. The molecule has 2 aromatic rings. The third kappa shape index (κ3) is 4.21. The first-order valence-corrected chi connectivity index (χ1v) is 7.93. The van der Waals surface area contributed by atoms with Gasteiger partial charge in [-0.2, -0.15) is 0 Å². The van der Waals surface area contributed by atoms with Gasteiger partial charge in [0.05, 0.1) is 19.2 Å². The number of thiazole rings is 1. The Bertz CT molecular complexity index is 640. The van der Waals surface area contributed by atoms with Crippen molar-refractivity contribution in [1.29, 1.82) is 0 Å². The predicted molar refractivity (Wildman–Crippen MR) is 87.1 cm³/mol. The average molecular weight is 320 g/mol. The molecule has 1 amide bonds. The van der Waals surface area contributed by atoms with Gasteiger partial charge >= 0.3 is 0 Å². The lowest BCUT2D eigenvalue weighted by Gasteiger charge is -2.09. The molecule has 6 heteroatoms. The van der Waals surface area contributed by atoms with E-state index in [-0.39, 0.29) is 5.91 Å². The number of rotatable bonds is 7. The molecule has 118 valence electrons. The lowest BCUT2D eigenvalue weighted by Crippen LogP contribution is -2.24. The second-order valence-electron chi connectivity index (χ2n) is 4.81.